The molecule has 2 aromatic carbocycles. The van der Waals surface area contributed by atoms with Crippen molar-refractivity contribution in [2.45, 2.75) is 13.5 Å². The largest absolute Gasteiger partial charge is 0.490 e. The summed E-state index contributed by atoms with van der Waals surface area (Å²) in [6, 6.07) is 11.9. The minimum absolute atomic E-state index is 0.115. The van der Waals surface area contributed by atoms with Crippen molar-refractivity contribution >= 4 is 18.4 Å². The number of ether oxygens (including phenoxy) is 2. The van der Waals surface area contributed by atoms with E-state index in [1.165, 1.54) is 17.1 Å². The van der Waals surface area contributed by atoms with Crippen LogP contribution in [0, 0.1) is 10.6 Å². The number of H-pyrrole nitrogens is 1. The van der Waals surface area contributed by atoms with Crippen molar-refractivity contribution in [3.63, 3.8) is 0 Å². The molecule has 0 aliphatic heterocycles. The highest BCUT2D eigenvalue weighted by molar-refractivity contribution is 7.71. The Morgan fingerprint density at radius 3 is 2.81 bits per heavy atom. The quantitative estimate of drug-likeness (QED) is 0.504. The molecule has 0 aliphatic rings. The molecule has 26 heavy (non-hydrogen) atoms. The summed E-state index contributed by atoms with van der Waals surface area (Å²) in [6.07, 6.45) is 3.11. The topological polar surface area (TPSA) is 64.4 Å². The zero-order valence-corrected chi connectivity index (χ0v) is 14.9. The van der Waals surface area contributed by atoms with E-state index in [-0.39, 0.29) is 12.4 Å². The number of hydrogen-bond donors (Lipinski definition) is 1. The number of rotatable bonds is 7. The Morgan fingerprint density at radius 2 is 2.08 bits per heavy atom. The Balaban J connectivity index is 1.78. The molecule has 1 heterocycles. The molecule has 0 radical (unpaired) electrons. The Labute approximate surface area is 154 Å². The molecular weight excluding hydrogens is 355 g/mol. The Morgan fingerprint density at radius 1 is 1.23 bits per heavy atom. The Bertz CT molecular complexity index is 968. The maximum absolute atomic E-state index is 13.7. The number of hydrogen-bond acceptors (Lipinski definition) is 5. The van der Waals surface area contributed by atoms with E-state index in [0.29, 0.717) is 28.4 Å². The summed E-state index contributed by atoms with van der Waals surface area (Å²) in [7, 11) is 0. The van der Waals surface area contributed by atoms with Gasteiger partial charge in [0.1, 0.15) is 18.8 Å². The van der Waals surface area contributed by atoms with E-state index in [0.717, 1.165) is 5.56 Å². The van der Waals surface area contributed by atoms with Gasteiger partial charge in [-0.2, -0.15) is 14.9 Å². The molecule has 3 rings (SSSR count). The van der Waals surface area contributed by atoms with Crippen LogP contribution in [0.2, 0.25) is 0 Å². The summed E-state index contributed by atoms with van der Waals surface area (Å²) < 4.78 is 26.9. The molecule has 0 saturated heterocycles. The Hall–Kier alpha value is -3.00. The number of aromatic amines is 1. The summed E-state index contributed by atoms with van der Waals surface area (Å²) in [5.74, 6) is 0.793. The second kappa shape index (κ2) is 8.39. The summed E-state index contributed by atoms with van der Waals surface area (Å²) in [6.45, 7) is 2.47. The number of aromatic nitrogens is 3. The molecule has 0 saturated carbocycles. The lowest BCUT2D eigenvalue weighted by Gasteiger charge is -2.13. The monoisotopic (exact) mass is 372 g/mol. The van der Waals surface area contributed by atoms with Gasteiger partial charge in [-0.15, -0.1) is 0 Å². The molecule has 0 spiro atoms. The number of nitrogens with one attached hydrogen (secondary N) is 1. The third kappa shape index (κ3) is 4.34. The molecule has 0 fully saturated rings. The van der Waals surface area contributed by atoms with Crippen molar-refractivity contribution in [1.82, 2.24) is 14.9 Å². The normalized spacial score (nSPS) is 11.0. The second-order valence-corrected chi connectivity index (χ2v) is 5.66. The molecule has 134 valence electrons. The van der Waals surface area contributed by atoms with Gasteiger partial charge >= 0.3 is 0 Å². The van der Waals surface area contributed by atoms with Gasteiger partial charge in [-0.1, -0.05) is 18.2 Å². The number of benzene rings is 2. The summed E-state index contributed by atoms with van der Waals surface area (Å²) >= 11 is 5.04. The van der Waals surface area contributed by atoms with Crippen molar-refractivity contribution in [3.8, 4) is 11.5 Å². The van der Waals surface area contributed by atoms with Crippen molar-refractivity contribution in [3.05, 3.63) is 70.5 Å². The predicted octanol–water partition coefficient (Wildman–Crippen LogP) is 3.94. The fourth-order valence-corrected chi connectivity index (χ4v) is 2.36. The van der Waals surface area contributed by atoms with Gasteiger partial charge in [0, 0.05) is 5.56 Å². The maximum atomic E-state index is 13.7. The summed E-state index contributed by atoms with van der Waals surface area (Å²) in [4.78, 5) is 0. The van der Waals surface area contributed by atoms with Crippen LogP contribution in [0.5, 0.6) is 11.5 Å². The molecule has 8 heteroatoms. The minimum Gasteiger partial charge on any atom is -0.490 e. The van der Waals surface area contributed by atoms with E-state index in [4.69, 9.17) is 21.7 Å². The van der Waals surface area contributed by atoms with Gasteiger partial charge in [0.15, 0.2) is 11.5 Å². The van der Waals surface area contributed by atoms with Crippen LogP contribution in [-0.4, -0.2) is 27.7 Å². The average Bonchev–Trinajstić information content (AvgIpc) is 3.05. The SMILES string of the molecule is CCOc1cc(/C=N/n2cn[nH]c2=S)ccc1OCc1ccccc1F. The van der Waals surface area contributed by atoms with Crippen molar-refractivity contribution < 1.29 is 13.9 Å². The molecule has 0 unspecified atom stereocenters. The number of halogens is 1. The van der Waals surface area contributed by atoms with Crippen LogP contribution in [0.15, 0.2) is 53.9 Å². The highest BCUT2D eigenvalue weighted by atomic mass is 32.1. The molecule has 3 aromatic rings. The van der Waals surface area contributed by atoms with Gasteiger partial charge < -0.3 is 9.47 Å². The van der Waals surface area contributed by atoms with Crippen molar-refractivity contribution in [2.24, 2.45) is 5.10 Å². The zero-order chi connectivity index (χ0) is 18.4. The van der Waals surface area contributed by atoms with Crippen LogP contribution < -0.4 is 9.47 Å². The molecule has 1 aromatic heterocycles. The molecule has 1 N–H and O–H groups in total. The lowest BCUT2D eigenvalue weighted by molar-refractivity contribution is 0.266. The van der Waals surface area contributed by atoms with Crippen LogP contribution >= 0.6 is 12.2 Å². The first-order valence-corrected chi connectivity index (χ1v) is 8.37. The van der Waals surface area contributed by atoms with E-state index in [1.807, 2.05) is 13.0 Å². The average molecular weight is 372 g/mol. The van der Waals surface area contributed by atoms with Gasteiger partial charge in [-0.3, -0.25) is 5.10 Å². The minimum atomic E-state index is -0.300. The first-order valence-electron chi connectivity index (χ1n) is 7.97. The van der Waals surface area contributed by atoms with Crippen LogP contribution in [0.1, 0.15) is 18.1 Å². The molecule has 0 aliphatic carbocycles. The lowest BCUT2D eigenvalue weighted by Crippen LogP contribution is -2.02. The standard InChI is InChI=1S/C18H17FN4O2S/c1-2-24-17-9-13(10-21-23-12-20-22-18(23)26)7-8-16(17)25-11-14-5-3-4-6-15(14)19/h3-10,12H,2,11H2,1H3,(H,22,26)/b21-10+. The van der Waals surface area contributed by atoms with E-state index >= 15 is 0 Å². The van der Waals surface area contributed by atoms with Gasteiger partial charge in [-0.25, -0.2) is 4.39 Å². The predicted molar refractivity (Wildman–Crippen MR) is 98.7 cm³/mol. The van der Waals surface area contributed by atoms with E-state index in [9.17, 15) is 4.39 Å². The molecule has 0 bridgehead atoms. The van der Waals surface area contributed by atoms with E-state index < -0.39 is 0 Å². The number of nitrogens with zero attached hydrogens (tertiary/aromatic N) is 3. The second-order valence-electron chi connectivity index (χ2n) is 5.27. The van der Waals surface area contributed by atoms with Crippen LogP contribution in [0.3, 0.4) is 0 Å². The highest BCUT2D eigenvalue weighted by Crippen LogP contribution is 2.29. The van der Waals surface area contributed by atoms with E-state index in [2.05, 4.69) is 15.3 Å². The van der Waals surface area contributed by atoms with Crippen molar-refractivity contribution in [1.29, 1.82) is 0 Å². The fraction of sp³-hybridized carbons (Fsp3) is 0.167. The summed E-state index contributed by atoms with van der Waals surface area (Å²) in [5.41, 5.74) is 1.28. The molecule has 0 amide bonds. The van der Waals surface area contributed by atoms with Crippen molar-refractivity contribution in [2.75, 3.05) is 6.61 Å². The first-order chi connectivity index (χ1) is 12.7. The lowest BCUT2D eigenvalue weighted by atomic mass is 10.2. The molecule has 0 atom stereocenters. The third-order valence-electron chi connectivity index (χ3n) is 3.48. The van der Waals surface area contributed by atoms with Gasteiger partial charge in [-0.05, 0) is 49.0 Å². The maximum Gasteiger partial charge on any atom is 0.216 e. The zero-order valence-electron chi connectivity index (χ0n) is 14.1. The van der Waals surface area contributed by atoms with Crippen LogP contribution in [0.25, 0.3) is 0 Å². The highest BCUT2D eigenvalue weighted by Gasteiger charge is 2.08. The van der Waals surface area contributed by atoms with Gasteiger partial charge in [0.05, 0.1) is 12.8 Å². The summed E-state index contributed by atoms with van der Waals surface area (Å²) in [5, 5.41) is 10.6. The van der Waals surface area contributed by atoms with Gasteiger partial charge in [0.25, 0.3) is 0 Å². The van der Waals surface area contributed by atoms with Crippen LogP contribution in [-0.2, 0) is 6.61 Å². The first kappa shape index (κ1) is 17.8. The van der Waals surface area contributed by atoms with E-state index in [1.54, 1.807) is 36.5 Å². The smallest absolute Gasteiger partial charge is 0.216 e. The van der Waals surface area contributed by atoms with Gasteiger partial charge in [0.2, 0.25) is 4.77 Å². The molecular formula is C18H17FN4O2S. The van der Waals surface area contributed by atoms with Crippen LogP contribution in [0.4, 0.5) is 4.39 Å². The molecule has 6 nitrogen and oxygen atoms in total. The fourth-order valence-electron chi connectivity index (χ4n) is 2.22. The Kier molecular flexibility index (Phi) is 5.75. The third-order valence-corrected chi connectivity index (χ3v) is 3.75.